The first-order chi connectivity index (χ1) is 10.3. The lowest BCUT2D eigenvalue weighted by Gasteiger charge is -2.42. The molecule has 1 saturated heterocycles. The van der Waals surface area contributed by atoms with E-state index in [-0.39, 0.29) is 24.0 Å². The SMILES string of the molecule is CC(C)c1cccc(OCC(=O)N2CCC(N)C(C)(C)C2)c1. The monoisotopic (exact) mass is 304 g/mol. The number of hydrogen-bond acceptors (Lipinski definition) is 3. The maximum Gasteiger partial charge on any atom is 0.260 e. The first-order valence-electron chi connectivity index (χ1n) is 8.06. The number of ether oxygens (including phenoxy) is 1. The summed E-state index contributed by atoms with van der Waals surface area (Å²) in [5.41, 5.74) is 7.30. The summed E-state index contributed by atoms with van der Waals surface area (Å²) in [4.78, 5) is 14.2. The summed E-state index contributed by atoms with van der Waals surface area (Å²) < 4.78 is 5.68. The van der Waals surface area contributed by atoms with Gasteiger partial charge in [0.15, 0.2) is 6.61 Å². The lowest BCUT2D eigenvalue weighted by atomic mass is 9.80. The normalized spacial score (nSPS) is 21.0. The van der Waals surface area contributed by atoms with E-state index in [1.807, 2.05) is 23.1 Å². The quantitative estimate of drug-likeness (QED) is 0.930. The zero-order valence-electron chi connectivity index (χ0n) is 14.1. The van der Waals surface area contributed by atoms with Crippen LogP contribution in [0.1, 0.15) is 45.6 Å². The lowest BCUT2D eigenvalue weighted by Crippen LogP contribution is -2.54. The minimum atomic E-state index is -0.0362. The largest absolute Gasteiger partial charge is 0.484 e. The van der Waals surface area contributed by atoms with E-state index in [1.54, 1.807) is 0 Å². The molecule has 1 aliphatic heterocycles. The molecule has 0 aliphatic carbocycles. The Morgan fingerprint density at radius 3 is 2.82 bits per heavy atom. The number of carbonyl (C=O) groups is 1. The maximum absolute atomic E-state index is 12.3. The maximum atomic E-state index is 12.3. The molecule has 1 unspecified atom stereocenters. The van der Waals surface area contributed by atoms with Gasteiger partial charge in [-0.15, -0.1) is 0 Å². The average molecular weight is 304 g/mol. The summed E-state index contributed by atoms with van der Waals surface area (Å²) in [6, 6.07) is 8.11. The van der Waals surface area contributed by atoms with Gasteiger partial charge in [-0.25, -0.2) is 0 Å². The second-order valence-corrected chi connectivity index (χ2v) is 7.21. The lowest BCUT2D eigenvalue weighted by molar-refractivity contribution is -0.136. The second kappa shape index (κ2) is 6.69. The molecule has 0 aromatic heterocycles. The van der Waals surface area contributed by atoms with Crippen LogP contribution in [0, 0.1) is 5.41 Å². The highest BCUT2D eigenvalue weighted by Crippen LogP contribution is 2.27. The van der Waals surface area contributed by atoms with Crippen LogP contribution >= 0.6 is 0 Å². The van der Waals surface area contributed by atoms with Gasteiger partial charge in [-0.2, -0.15) is 0 Å². The van der Waals surface area contributed by atoms with Crippen molar-refractivity contribution in [3.63, 3.8) is 0 Å². The van der Waals surface area contributed by atoms with Gasteiger partial charge in [-0.1, -0.05) is 39.8 Å². The Kier molecular flexibility index (Phi) is 5.12. The van der Waals surface area contributed by atoms with Gasteiger partial charge in [-0.3, -0.25) is 4.79 Å². The van der Waals surface area contributed by atoms with Gasteiger partial charge in [0.1, 0.15) is 5.75 Å². The van der Waals surface area contributed by atoms with Crippen molar-refractivity contribution in [2.75, 3.05) is 19.7 Å². The number of piperidine rings is 1. The van der Waals surface area contributed by atoms with E-state index in [1.165, 1.54) is 5.56 Å². The summed E-state index contributed by atoms with van der Waals surface area (Å²) >= 11 is 0. The molecule has 0 spiro atoms. The fourth-order valence-electron chi connectivity index (χ4n) is 2.79. The zero-order valence-corrected chi connectivity index (χ0v) is 14.1. The Bertz CT molecular complexity index is 526. The molecule has 1 aliphatic rings. The second-order valence-electron chi connectivity index (χ2n) is 7.21. The molecule has 1 heterocycles. The van der Waals surface area contributed by atoms with Crippen LogP contribution in [-0.4, -0.2) is 36.5 Å². The standard InChI is InChI=1S/C18H28N2O2/c1-13(2)14-6-5-7-15(10-14)22-11-17(21)20-9-8-16(19)18(3,4)12-20/h5-7,10,13,16H,8-9,11-12,19H2,1-4H3. The van der Waals surface area contributed by atoms with Crippen molar-refractivity contribution in [1.82, 2.24) is 4.90 Å². The van der Waals surface area contributed by atoms with E-state index in [0.717, 1.165) is 18.7 Å². The van der Waals surface area contributed by atoms with Crippen LogP contribution in [0.2, 0.25) is 0 Å². The highest BCUT2D eigenvalue weighted by molar-refractivity contribution is 5.78. The van der Waals surface area contributed by atoms with Crippen molar-refractivity contribution in [1.29, 1.82) is 0 Å². The van der Waals surface area contributed by atoms with E-state index < -0.39 is 0 Å². The summed E-state index contributed by atoms with van der Waals surface area (Å²) in [7, 11) is 0. The van der Waals surface area contributed by atoms with Crippen LogP contribution in [0.15, 0.2) is 24.3 Å². The Labute approximate surface area is 133 Å². The number of nitrogens with two attached hydrogens (primary N) is 1. The van der Waals surface area contributed by atoms with E-state index >= 15 is 0 Å². The smallest absolute Gasteiger partial charge is 0.260 e. The van der Waals surface area contributed by atoms with Gasteiger partial charge >= 0.3 is 0 Å². The fraction of sp³-hybridized carbons (Fsp3) is 0.611. The van der Waals surface area contributed by atoms with Gasteiger partial charge in [-0.05, 0) is 35.4 Å². The number of rotatable bonds is 4. The molecule has 122 valence electrons. The number of carbonyl (C=O) groups excluding carboxylic acids is 1. The van der Waals surface area contributed by atoms with Crippen molar-refractivity contribution in [3.8, 4) is 5.75 Å². The van der Waals surface area contributed by atoms with Crippen LogP contribution in [0.4, 0.5) is 0 Å². The van der Waals surface area contributed by atoms with Crippen molar-refractivity contribution < 1.29 is 9.53 Å². The van der Waals surface area contributed by atoms with E-state index in [2.05, 4.69) is 33.8 Å². The number of hydrogen-bond donors (Lipinski definition) is 1. The summed E-state index contributed by atoms with van der Waals surface area (Å²) in [6.07, 6.45) is 0.849. The first-order valence-corrected chi connectivity index (χ1v) is 8.06. The molecule has 2 rings (SSSR count). The molecule has 0 bridgehead atoms. The van der Waals surface area contributed by atoms with Gasteiger partial charge in [0, 0.05) is 19.1 Å². The van der Waals surface area contributed by atoms with Crippen LogP contribution < -0.4 is 10.5 Å². The third kappa shape index (κ3) is 4.01. The van der Waals surface area contributed by atoms with Crippen molar-refractivity contribution in [2.45, 2.75) is 46.1 Å². The van der Waals surface area contributed by atoms with Gasteiger partial charge in [0.25, 0.3) is 5.91 Å². The van der Waals surface area contributed by atoms with Crippen molar-refractivity contribution in [2.24, 2.45) is 11.1 Å². The highest BCUT2D eigenvalue weighted by atomic mass is 16.5. The number of benzene rings is 1. The Hall–Kier alpha value is -1.55. The molecule has 0 radical (unpaired) electrons. The predicted octanol–water partition coefficient (Wildman–Crippen LogP) is 2.77. The molecule has 4 nitrogen and oxygen atoms in total. The minimum Gasteiger partial charge on any atom is -0.484 e. The molecule has 4 heteroatoms. The van der Waals surface area contributed by atoms with E-state index in [0.29, 0.717) is 12.5 Å². The minimum absolute atomic E-state index is 0.0362. The predicted molar refractivity (Wildman–Crippen MR) is 89.0 cm³/mol. The third-order valence-corrected chi connectivity index (χ3v) is 4.55. The molecule has 1 aromatic carbocycles. The molecule has 1 aromatic rings. The average Bonchev–Trinajstić information content (AvgIpc) is 2.47. The van der Waals surface area contributed by atoms with Gasteiger partial charge < -0.3 is 15.4 Å². The number of likely N-dealkylation sites (tertiary alicyclic amines) is 1. The Balaban J connectivity index is 1.92. The molecular weight excluding hydrogens is 276 g/mol. The van der Waals surface area contributed by atoms with Crippen LogP contribution in [0.5, 0.6) is 5.75 Å². The molecule has 22 heavy (non-hydrogen) atoms. The third-order valence-electron chi connectivity index (χ3n) is 4.55. The first kappa shape index (κ1) is 16.8. The van der Waals surface area contributed by atoms with Gasteiger partial charge in [0.2, 0.25) is 0 Å². The molecule has 1 atom stereocenters. The molecule has 0 saturated carbocycles. The molecule has 1 fully saturated rings. The molecular formula is C18H28N2O2. The Morgan fingerprint density at radius 2 is 2.18 bits per heavy atom. The number of amides is 1. The highest BCUT2D eigenvalue weighted by Gasteiger charge is 2.35. The topological polar surface area (TPSA) is 55.6 Å². The van der Waals surface area contributed by atoms with Crippen LogP contribution in [0.25, 0.3) is 0 Å². The molecule has 2 N–H and O–H groups in total. The van der Waals surface area contributed by atoms with Crippen LogP contribution in [-0.2, 0) is 4.79 Å². The number of nitrogens with zero attached hydrogens (tertiary/aromatic N) is 1. The summed E-state index contributed by atoms with van der Waals surface area (Å²) in [5, 5.41) is 0. The fourth-order valence-corrected chi connectivity index (χ4v) is 2.79. The van der Waals surface area contributed by atoms with Crippen molar-refractivity contribution >= 4 is 5.91 Å². The van der Waals surface area contributed by atoms with Crippen LogP contribution in [0.3, 0.4) is 0 Å². The molecule has 1 amide bonds. The zero-order chi connectivity index (χ0) is 16.3. The summed E-state index contributed by atoms with van der Waals surface area (Å²) in [6.45, 7) is 10.0. The summed E-state index contributed by atoms with van der Waals surface area (Å²) in [5.74, 6) is 1.24. The van der Waals surface area contributed by atoms with E-state index in [4.69, 9.17) is 10.5 Å². The Morgan fingerprint density at radius 1 is 1.45 bits per heavy atom. The van der Waals surface area contributed by atoms with Gasteiger partial charge in [0.05, 0.1) is 0 Å². The van der Waals surface area contributed by atoms with Crippen molar-refractivity contribution in [3.05, 3.63) is 29.8 Å². The van der Waals surface area contributed by atoms with E-state index in [9.17, 15) is 4.79 Å².